The fraction of sp³-hybridized carbons (Fsp3) is 0.438. The molecule has 0 unspecified atom stereocenters. The van der Waals surface area contributed by atoms with Crippen molar-refractivity contribution in [1.29, 1.82) is 0 Å². The van der Waals surface area contributed by atoms with Crippen molar-refractivity contribution in [3.05, 3.63) is 30.5 Å². The van der Waals surface area contributed by atoms with Crippen molar-refractivity contribution in [3.8, 4) is 0 Å². The summed E-state index contributed by atoms with van der Waals surface area (Å²) >= 11 is 0. The molecule has 4 nitrogen and oxygen atoms in total. The van der Waals surface area contributed by atoms with Gasteiger partial charge < -0.3 is 16.0 Å². The fourth-order valence-corrected chi connectivity index (χ4v) is 2.89. The third-order valence-electron chi connectivity index (χ3n) is 3.97. The molecular formula is C16H22N4. The summed E-state index contributed by atoms with van der Waals surface area (Å²) in [6, 6.07) is 7.97. The van der Waals surface area contributed by atoms with Crippen LogP contribution in [0, 0.1) is 0 Å². The first-order chi connectivity index (χ1) is 9.84. The molecule has 0 radical (unpaired) electrons. The molecule has 2 heterocycles. The molecule has 1 aliphatic rings. The number of aromatic nitrogens is 1. The second-order valence-electron chi connectivity index (χ2n) is 5.43. The molecule has 0 spiro atoms. The number of hydrogen-bond acceptors (Lipinski definition) is 4. The number of nitrogens with two attached hydrogens (primary N) is 1. The van der Waals surface area contributed by atoms with Crippen molar-refractivity contribution in [1.82, 2.24) is 9.88 Å². The number of nitrogens with zero attached hydrogens (tertiary/aromatic N) is 2. The molecule has 1 fully saturated rings. The smallest absolute Gasteiger partial charge is 0.0951 e. The van der Waals surface area contributed by atoms with Crippen LogP contribution in [0.25, 0.3) is 10.9 Å². The van der Waals surface area contributed by atoms with E-state index in [1.165, 1.54) is 38.9 Å². The van der Waals surface area contributed by atoms with Gasteiger partial charge in [0.1, 0.15) is 0 Å². The quantitative estimate of drug-likeness (QED) is 0.648. The number of rotatable bonds is 5. The standard InChI is InChI=1S/C16H22N4/c17-14-6-3-5-13-15(7-9-19-16(13)14)18-8-4-12-20-10-1-2-11-20/h3,5-7,9H,1-2,4,8,10-12,17H2,(H,18,19). The lowest BCUT2D eigenvalue weighted by molar-refractivity contribution is 0.337. The number of nitrogens with one attached hydrogen (secondary N) is 1. The Bertz CT molecular complexity index is 576. The minimum Gasteiger partial charge on any atom is -0.397 e. The predicted molar refractivity (Wildman–Crippen MR) is 84.9 cm³/mol. The van der Waals surface area contributed by atoms with Gasteiger partial charge in [-0.2, -0.15) is 0 Å². The summed E-state index contributed by atoms with van der Waals surface area (Å²) < 4.78 is 0. The zero-order valence-corrected chi connectivity index (χ0v) is 11.8. The average Bonchev–Trinajstić information content (AvgIpc) is 2.98. The van der Waals surface area contributed by atoms with Crippen LogP contribution in [0.15, 0.2) is 30.5 Å². The van der Waals surface area contributed by atoms with Gasteiger partial charge in [-0.1, -0.05) is 12.1 Å². The summed E-state index contributed by atoms with van der Waals surface area (Å²) in [7, 11) is 0. The van der Waals surface area contributed by atoms with Crippen molar-refractivity contribution >= 4 is 22.3 Å². The monoisotopic (exact) mass is 270 g/mol. The zero-order chi connectivity index (χ0) is 13.8. The predicted octanol–water partition coefficient (Wildman–Crippen LogP) is 2.71. The number of para-hydroxylation sites is 1. The highest BCUT2D eigenvalue weighted by Crippen LogP contribution is 2.25. The summed E-state index contributed by atoms with van der Waals surface area (Å²) in [5, 5.41) is 4.62. The minimum absolute atomic E-state index is 0.739. The van der Waals surface area contributed by atoms with E-state index in [1.807, 2.05) is 24.4 Å². The largest absolute Gasteiger partial charge is 0.397 e. The van der Waals surface area contributed by atoms with Gasteiger partial charge in [0.15, 0.2) is 0 Å². The average molecular weight is 270 g/mol. The lowest BCUT2D eigenvalue weighted by atomic mass is 10.1. The van der Waals surface area contributed by atoms with Crippen LogP contribution in [0.3, 0.4) is 0 Å². The number of benzene rings is 1. The Kier molecular flexibility index (Phi) is 4.02. The van der Waals surface area contributed by atoms with Crippen LogP contribution in [-0.2, 0) is 0 Å². The molecule has 0 bridgehead atoms. The van der Waals surface area contributed by atoms with Crippen LogP contribution in [-0.4, -0.2) is 36.1 Å². The van der Waals surface area contributed by atoms with Crippen LogP contribution < -0.4 is 11.1 Å². The van der Waals surface area contributed by atoms with Crippen LogP contribution in [0.1, 0.15) is 19.3 Å². The third-order valence-corrected chi connectivity index (χ3v) is 3.97. The summed E-state index contributed by atoms with van der Waals surface area (Å²) in [6.45, 7) is 4.73. The Morgan fingerprint density at radius 2 is 2.05 bits per heavy atom. The Morgan fingerprint density at radius 3 is 2.90 bits per heavy atom. The molecule has 3 N–H and O–H groups in total. The van der Waals surface area contributed by atoms with Crippen LogP contribution in [0.2, 0.25) is 0 Å². The first kappa shape index (κ1) is 13.2. The normalized spacial score (nSPS) is 15.8. The van der Waals surface area contributed by atoms with E-state index in [0.29, 0.717) is 0 Å². The van der Waals surface area contributed by atoms with E-state index in [4.69, 9.17) is 5.73 Å². The van der Waals surface area contributed by atoms with E-state index in [-0.39, 0.29) is 0 Å². The maximum Gasteiger partial charge on any atom is 0.0951 e. The number of anilines is 2. The molecule has 20 heavy (non-hydrogen) atoms. The molecule has 0 saturated carbocycles. The summed E-state index contributed by atoms with van der Waals surface area (Å²) in [6.07, 6.45) is 5.72. The highest BCUT2D eigenvalue weighted by Gasteiger charge is 2.10. The molecule has 1 aliphatic heterocycles. The van der Waals surface area contributed by atoms with Gasteiger partial charge in [0.05, 0.1) is 11.2 Å². The maximum atomic E-state index is 5.97. The highest BCUT2D eigenvalue weighted by molar-refractivity contribution is 5.97. The molecule has 2 aromatic rings. The van der Waals surface area contributed by atoms with Gasteiger partial charge in [0.2, 0.25) is 0 Å². The first-order valence-corrected chi connectivity index (χ1v) is 7.44. The molecular weight excluding hydrogens is 248 g/mol. The number of pyridine rings is 1. The van der Waals surface area contributed by atoms with Crippen LogP contribution >= 0.6 is 0 Å². The maximum absolute atomic E-state index is 5.97. The van der Waals surface area contributed by atoms with E-state index >= 15 is 0 Å². The summed E-state index contributed by atoms with van der Waals surface area (Å²) in [5.41, 5.74) is 8.72. The Hall–Kier alpha value is -1.81. The van der Waals surface area contributed by atoms with E-state index in [0.717, 1.165) is 28.8 Å². The lowest BCUT2D eigenvalue weighted by Crippen LogP contribution is -2.22. The molecule has 4 heteroatoms. The number of likely N-dealkylation sites (tertiary alicyclic amines) is 1. The summed E-state index contributed by atoms with van der Waals surface area (Å²) in [4.78, 5) is 6.91. The summed E-state index contributed by atoms with van der Waals surface area (Å²) in [5.74, 6) is 0. The number of fused-ring (bicyclic) bond motifs is 1. The van der Waals surface area contributed by atoms with Gasteiger partial charge in [0.25, 0.3) is 0 Å². The third kappa shape index (κ3) is 2.85. The van der Waals surface area contributed by atoms with Crippen molar-refractivity contribution in [2.75, 3.05) is 37.2 Å². The topological polar surface area (TPSA) is 54.2 Å². The minimum atomic E-state index is 0.739. The molecule has 3 rings (SSSR count). The molecule has 106 valence electrons. The van der Waals surface area contributed by atoms with Gasteiger partial charge in [-0.25, -0.2) is 0 Å². The fourth-order valence-electron chi connectivity index (χ4n) is 2.89. The SMILES string of the molecule is Nc1cccc2c(NCCCN3CCCC3)ccnc12. The number of hydrogen-bond donors (Lipinski definition) is 2. The van der Waals surface area contributed by atoms with Crippen molar-refractivity contribution in [3.63, 3.8) is 0 Å². The van der Waals surface area contributed by atoms with Gasteiger partial charge in [-0.05, 0) is 51.0 Å². The van der Waals surface area contributed by atoms with Crippen molar-refractivity contribution in [2.24, 2.45) is 0 Å². The van der Waals surface area contributed by atoms with E-state index in [9.17, 15) is 0 Å². The molecule has 1 aromatic heterocycles. The Morgan fingerprint density at radius 1 is 1.20 bits per heavy atom. The first-order valence-electron chi connectivity index (χ1n) is 7.44. The molecule has 0 aliphatic carbocycles. The van der Waals surface area contributed by atoms with E-state index in [2.05, 4.69) is 21.3 Å². The second-order valence-corrected chi connectivity index (χ2v) is 5.43. The Balaban J connectivity index is 1.61. The van der Waals surface area contributed by atoms with Crippen LogP contribution in [0.5, 0.6) is 0 Å². The molecule has 0 atom stereocenters. The van der Waals surface area contributed by atoms with Gasteiger partial charge in [-0.3, -0.25) is 4.98 Å². The highest BCUT2D eigenvalue weighted by atomic mass is 15.1. The van der Waals surface area contributed by atoms with E-state index in [1.54, 1.807) is 0 Å². The number of nitrogen functional groups attached to an aromatic ring is 1. The zero-order valence-electron chi connectivity index (χ0n) is 11.8. The van der Waals surface area contributed by atoms with Gasteiger partial charge >= 0.3 is 0 Å². The van der Waals surface area contributed by atoms with Gasteiger partial charge in [-0.15, -0.1) is 0 Å². The van der Waals surface area contributed by atoms with Gasteiger partial charge in [0, 0.05) is 23.8 Å². The van der Waals surface area contributed by atoms with E-state index < -0.39 is 0 Å². The lowest BCUT2D eigenvalue weighted by Gasteiger charge is -2.15. The Labute approximate surface area is 120 Å². The second kappa shape index (κ2) is 6.09. The molecule has 1 saturated heterocycles. The molecule has 1 aromatic carbocycles. The van der Waals surface area contributed by atoms with Crippen molar-refractivity contribution < 1.29 is 0 Å². The van der Waals surface area contributed by atoms with Crippen molar-refractivity contribution in [2.45, 2.75) is 19.3 Å². The molecule has 0 amide bonds. The van der Waals surface area contributed by atoms with Crippen LogP contribution in [0.4, 0.5) is 11.4 Å².